The third kappa shape index (κ3) is 4.30. The number of aromatic nitrogens is 3. The summed E-state index contributed by atoms with van der Waals surface area (Å²) in [5.41, 5.74) is 2.44. The van der Waals surface area contributed by atoms with Crippen molar-refractivity contribution in [2.45, 2.75) is 71.0 Å². The topological polar surface area (TPSA) is 53.9 Å². The van der Waals surface area contributed by atoms with Crippen molar-refractivity contribution in [1.29, 1.82) is 0 Å². The molecule has 29 heavy (non-hydrogen) atoms. The van der Waals surface area contributed by atoms with Gasteiger partial charge in [-0.25, -0.2) is 0 Å². The quantitative estimate of drug-likeness (QED) is 0.586. The van der Waals surface area contributed by atoms with Gasteiger partial charge >= 0.3 is 0 Å². The Morgan fingerprint density at radius 2 is 1.79 bits per heavy atom. The summed E-state index contributed by atoms with van der Waals surface area (Å²) in [5.74, 6) is 0. The molecule has 1 aliphatic heterocycles. The summed E-state index contributed by atoms with van der Waals surface area (Å²) in [6, 6.07) is 13.4. The van der Waals surface area contributed by atoms with Crippen molar-refractivity contribution in [2.24, 2.45) is 0 Å². The van der Waals surface area contributed by atoms with Crippen molar-refractivity contribution in [3.63, 3.8) is 0 Å². The fourth-order valence-corrected chi connectivity index (χ4v) is 4.80. The standard InChI is InChI=1S/C24H32N4O/c1-18-9-8-10-19(2)27(18)15-6-3-7-16-28-23-12-5-4-11-20(23)17-21(24(28)29)22-13-14-25-26-22/h4-5,11-14,17-19H,3,6-10,15-16H2,1-2H3,(H,25,26)/t18-,19+. The van der Waals surface area contributed by atoms with Gasteiger partial charge in [-0.05, 0) is 69.7 Å². The molecule has 2 atom stereocenters. The minimum atomic E-state index is 0.0501. The number of piperidine rings is 1. The lowest BCUT2D eigenvalue weighted by Gasteiger charge is -2.39. The molecule has 2 aromatic heterocycles. The number of H-pyrrole nitrogens is 1. The molecule has 1 aliphatic rings. The molecule has 3 aromatic rings. The Kier molecular flexibility index (Phi) is 6.14. The highest BCUT2D eigenvalue weighted by Crippen LogP contribution is 2.23. The van der Waals surface area contributed by atoms with Gasteiger partial charge in [-0.15, -0.1) is 0 Å². The highest BCUT2D eigenvalue weighted by molar-refractivity contribution is 5.83. The second kappa shape index (κ2) is 8.95. The highest BCUT2D eigenvalue weighted by Gasteiger charge is 2.23. The maximum atomic E-state index is 13.2. The van der Waals surface area contributed by atoms with Crippen LogP contribution in [0.3, 0.4) is 0 Å². The first kappa shape index (κ1) is 19.9. The number of aromatic amines is 1. The summed E-state index contributed by atoms with van der Waals surface area (Å²) in [7, 11) is 0. The summed E-state index contributed by atoms with van der Waals surface area (Å²) < 4.78 is 1.94. The number of hydrogen-bond acceptors (Lipinski definition) is 3. The van der Waals surface area contributed by atoms with Crippen LogP contribution in [-0.2, 0) is 6.54 Å². The molecule has 1 saturated heterocycles. The zero-order valence-corrected chi connectivity index (χ0v) is 17.6. The first-order valence-electron chi connectivity index (χ1n) is 11.0. The van der Waals surface area contributed by atoms with Crippen LogP contribution < -0.4 is 5.56 Å². The van der Waals surface area contributed by atoms with Gasteiger partial charge < -0.3 is 4.57 Å². The lowest BCUT2D eigenvalue weighted by molar-refractivity contribution is 0.101. The summed E-state index contributed by atoms with van der Waals surface area (Å²) >= 11 is 0. The number of unbranched alkanes of at least 4 members (excludes halogenated alkanes) is 2. The number of nitrogens with zero attached hydrogens (tertiary/aromatic N) is 3. The number of para-hydroxylation sites is 1. The monoisotopic (exact) mass is 392 g/mol. The van der Waals surface area contributed by atoms with Gasteiger partial charge in [-0.3, -0.25) is 14.8 Å². The second-order valence-corrected chi connectivity index (χ2v) is 8.46. The van der Waals surface area contributed by atoms with E-state index in [0.717, 1.165) is 30.3 Å². The van der Waals surface area contributed by atoms with Gasteiger partial charge in [0.15, 0.2) is 0 Å². The van der Waals surface area contributed by atoms with E-state index in [9.17, 15) is 4.79 Å². The Hall–Kier alpha value is -2.40. The number of hydrogen-bond donors (Lipinski definition) is 1. The van der Waals surface area contributed by atoms with Crippen molar-refractivity contribution < 1.29 is 0 Å². The molecule has 1 aromatic carbocycles. The van der Waals surface area contributed by atoms with Crippen LogP contribution in [0.5, 0.6) is 0 Å². The summed E-state index contributed by atoms with van der Waals surface area (Å²) in [4.78, 5) is 15.8. The lowest BCUT2D eigenvalue weighted by Crippen LogP contribution is -2.44. The van der Waals surface area contributed by atoms with Crippen molar-refractivity contribution >= 4 is 10.9 Å². The Balaban J connectivity index is 1.45. The number of nitrogens with one attached hydrogen (secondary N) is 1. The van der Waals surface area contributed by atoms with Crippen LogP contribution in [-0.4, -0.2) is 38.3 Å². The van der Waals surface area contributed by atoms with Crippen molar-refractivity contribution in [3.05, 3.63) is 52.9 Å². The zero-order valence-electron chi connectivity index (χ0n) is 17.6. The van der Waals surface area contributed by atoms with Crippen LogP contribution >= 0.6 is 0 Å². The van der Waals surface area contributed by atoms with E-state index in [4.69, 9.17) is 0 Å². The number of rotatable bonds is 7. The minimum Gasteiger partial charge on any atom is -0.308 e. The van der Waals surface area contributed by atoms with Crippen molar-refractivity contribution in [2.75, 3.05) is 6.54 Å². The van der Waals surface area contributed by atoms with E-state index < -0.39 is 0 Å². The van der Waals surface area contributed by atoms with E-state index in [2.05, 4.69) is 35.0 Å². The maximum Gasteiger partial charge on any atom is 0.260 e. The third-order valence-electron chi connectivity index (χ3n) is 6.45. The van der Waals surface area contributed by atoms with Crippen molar-refractivity contribution in [1.82, 2.24) is 19.7 Å². The van der Waals surface area contributed by atoms with Crippen LogP contribution in [0.1, 0.15) is 52.4 Å². The normalized spacial score (nSPS) is 20.3. The van der Waals surface area contributed by atoms with Gasteiger partial charge in [0.05, 0.1) is 16.8 Å². The molecule has 5 nitrogen and oxygen atoms in total. The molecule has 1 N–H and O–H groups in total. The summed E-state index contributed by atoms with van der Waals surface area (Å²) in [6.45, 7) is 6.65. The number of fused-ring (bicyclic) bond motifs is 1. The largest absolute Gasteiger partial charge is 0.308 e. The molecule has 0 amide bonds. The van der Waals surface area contributed by atoms with Gasteiger partial charge in [-0.2, -0.15) is 5.10 Å². The van der Waals surface area contributed by atoms with Crippen molar-refractivity contribution in [3.8, 4) is 11.3 Å². The molecule has 0 radical (unpaired) electrons. The molecule has 5 heteroatoms. The van der Waals surface area contributed by atoms with E-state index >= 15 is 0 Å². The molecule has 154 valence electrons. The fourth-order valence-electron chi connectivity index (χ4n) is 4.80. The predicted octanol–water partition coefficient (Wildman–Crippen LogP) is 4.82. The van der Waals surface area contributed by atoms with Crippen LogP contribution in [0.15, 0.2) is 47.4 Å². The van der Waals surface area contributed by atoms with Crippen LogP contribution in [0.4, 0.5) is 0 Å². The molecule has 0 saturated carbocycles. The Bertz CT molecular complexity index is 982. The molecule has 0 aliphatic carbocycles. The molecule has 4 rings (SSSR count). The molecule has 0 spiro atoms. The SMILES string of the molecule is C[C@@H]1CCC[C@H](C)N1CCCCCn1c(=O)c(-c2cc[nH]n2)cc2ccccc21. The molecule has 1 fully saturated rings. The van der Waals surface area contributed by atoms with E-state index in [1.165, 1.54) is 32.2 Å². The summed E-state index contributed by atoms with van der Waals surface area (Å²) in [5, 5.41) is 8.13. The Labute approximate surface area is 172 Å². The van der Waals surface area contributed by atoms with Gasteiger partial charge in [0, 0.05) is 24.8 Å². The molecular weight excluding hydrogens is 360 g/mol. The van der Waals surface area contributed by atoms with E-state index in [1.807, 2.05) is 34.9 Å². The second-order valence-electron chi connectivity index (χ2n) is 8.46. The number of aryl methyl sites for hydroxylation is 1. The predicted molar refractivity (Wildman–Crippen MR) is 119 cm³/mol. The zero-order chi connectivity index (χ0) is 20.2. The molecular formula is C24H32N4O. The molecule has 0 unspecified atom stereocenters. The average molecular weight is 393 g/mol. The third-order valence-corrected chi connectivity index (χ3v) is 6.45. The van der Waals surface area contributed by atoms with E-state index in [1.54, 1.807) is 6.20 Å². The number of benzene rings is 1. The smallest absolute Gasteiger partial charge is 0.260 e. The Morgan fingerprint density at radius 3 is 2.55 bits per heavy atom. The first-order valence-corrected chi connectivity index (χ1v) is 11.0. The van der Waals surface area contributed by atoms with E-state index in [-0.39, 0.29) is 5.56 Å². The van der Waals surface area contributed by atoms with Crippen LogP contribution in [0.25, 0.3) is 22.2 Å². The fraction of sp³-hybridized carbons (Fsp3) is 0.500. The summed E-state index contributed by atoms with van der Waals surface area (Å²) in [6.07, 6.45) is 9.13. The van der Waals surface area contributed by atoms with Gasteiger partial charge in [0.2, 0.25) is 0 Å². The maximum absolute atomic E-state index is 13.2. The lowest BCUT2D eigenvalue weighted by atomic mass is 9.97. The van der Waals surface area contributed by atoms with Gasteiger partial charge in [0.1, 0.15) is 0 Å². The Morgan fingerprint density at radius 1 is 1.03 bits per heavy atom. The number of pyridine rings is 1. The van der Waals surface area contributed by atoms with Gasteiger partial charge in [0.25, 0.3) is 5.56 Å². The molecule has 3 heterocycles. The molecule has 0 bridgehead atoms. The average Bonchev–Trinajstić information content (AvgIpc) is 3.25. The van der Waals surface area contributed by atoms with Gasteiger partial charge in [-0.1, -0.05) is 31.0 Å². The number of likely N-dealkylation sites (tertiary alicyclic amines) is 1. The van der Waals surface area contributed by atoms with Crippen LogP contribution in [0.2, 0.25) is 0 Å². The highest BCUT2D eigenvalue weighted by atomic mass is 16.1. The minimum absolute atomic E-state index is 0.0501. The van der Waals surface area contributed by atoms with E-state index in [0.29, 0.717) is 23.3 Å². The first-order chi connectivity index (χ1) is 14.1. The van der Waals surface area contributed by atoms with Crippen LogP contribution in [0, 0.1) is 0 Å².